The minimum atomic E-state index is -0.102. The van der Waals surface area contributed by atoms with Crippen molar-refractivity contribution in [1.82, 2.24) is 19.7 Å². The lowest BCUT2D eigenvalue weighted by Crippen LogP contribution is -2.14. The fourth-order valence-electron chi connectivity index (χ4n) is 2.20. The number of nitrogens with one attached hydrogen (secondary N) is 1. The van der Waals surface area contributed by atoms with Gasteiger partial charge in [-0.05, 0) is 19.4 Å². The first-order valence-electron chi connectivity index (χ1n) is 7.35. The standard InChI is InChI=1S/C16H17N5OS2/c1-10-6-4-5-7-12(10)14-19-20-16(21(14)3)23-9-13(22)18-15-17-8-11(2)24-15/h4-8H,9H2,1-3H3,(H,17,18,22). The Morgan fingerprint density at radius 3 is 2.79 bits per heavy atom. The van der Waals surface area contributed by atoms with E-state index < -0.39 is 0 Å². The quantitative estimate of drug-likeness (QED) is 0.708. The highest BCUT2D eigenvalue weighted by Crippen LogP contribution is 2.25. The highest BCUT2D eigenvalue weighted by atomic mass is 32.2. The second-order valence-electron chi connectivity index (χ2n) is 5.29. The molecule has 0 aliphatic heterocycles. The first-order valence-corrected chi connectivity index (χ1v) is 9.15. The second-order valence-corrected chi connectivity index (χ2v) is 7.47. The fourth-order valence-corrected chi connectivity index (χ4v) is 3.59. The Balaban J connectivity index is 1.66. The molecule has 0 saturated carbocycles. The van der Waals surface area contributed by atoms with Crippen LogP contribution >= 0.6 is 23.1 Å². The number of thiazole rings is 1. The van der Waals surface area contributed by atoms with Crippen LogP contribution in [0.4, 0.5) is 5.13 Å². The molecule has 1 aromatic carbocycles. The van der Waals surface area contributed by atoms with Crippen molar-refractivity contribution in [2.45, 2.75) is 19.0 Å². The first kappa shape index (κ1) is 16.7. The van der Waals surface area contributed by atoms with Crippen LogP contribution in [0.5, 0.6) is 0 Å². The van der Waals surface area contributed by atoms with Gasteiger partial charge in [-0.1, -0.05) is 36.0 Å². The summed E-state index contributed by atoms with van der Waals surface area (Å²) >= 11 is 2.82. The van der Waals surface area contributed by atoms with Crippen LogP contribution in [-0.2, 0) is 11.8 Å². The highest BCUT2D eigenvalue weighted by molar-refractivity contribution is 7.99. The van der Waals surface area contributed by atoms with Crippen molar-refractivity contribution in [3.05, 3.63) is 40.9 Å². The Morgan fingerprint density at radius 1 is 1.29 bits per heavy atom. The lowest BCUT2D eigenvalue weighted by Gasteiger charge is -2.06. The number of nitrogens with zero attached hydrogens (tertiary/aromatic N) is 4. The number of carbonyl (C=O) groups excluding carboxylic acids is 1. The molecular formula is C16H17N5OS2. The zero-order valence-corrected chi connectivity index (χ0v) is 15.2. The molecule has 0 aliphatic carbocycles. The molecule has 0 atom stereocenters. The van der Waals surface area contributed by atoms with Crippen LogP contribution in [-0.4, -0.2) is 31.4 Å². The summed E-state index contributed by atoms with van der Waals surface area (Å²) in [7, 11) is 1.91. The molecule has 0 fully saturated rings. The van der Waals surface area contributed by atoms with E-state index >= 15 is 0 Å². The smallest absolute Gasteiger partial charge is 0.236 e. The molecule has 24 heavy (non-hydrogen) atoms. The number of thioether (sulfide) groups is 1. The molecule has 3 aromatic rings. The minimum Gasteiger partial charge on any atom is -0.305 e. The zero-order valence-electron chi connectivity index (χ0n) is 13.6. The van der Waals surface area contributed by atoms with Crippen molar-refractivity contribution in [3.8, 4) is 11.4 Å². The van der Waals surface area contributed by atoms with E-state index in [1.807, 2.05) is 49.7 Å². The Hall–Kier alpha value is -2.19. The van der Waals surface area contributed by atoms with E-state index in [4.69, 9.17) is 0 Å². The minimum absolute atomic E-state index is 0.102. The summed E-state index contributed by atoms with van der Waals surface area (Å²) in [4.78, 5) is 17.2. The average Bonchev–Trinajstić information content (AvgIpc) is 3.12. The van der Waals surface area contributed by atoms with Gasteiger partial charge in [0.05, 0.1) is 5.75 Å². The molecule has 124 valence electrons. The number of aryl methyl sites for hydroxylation is 2. The lowest BCUT2D eigenvalue weighted by molar-refractivity contribution is -0.113. The number of carbonyl (C=O) groups is 1. The van der Waals surface area contributed by atoms with Crippen LogP contribution in [0.1, 0.15) is 10.4 Å². The maximum Gasteiger partial charge on any atom is 0.236 e. The molecule has 0 spiro atoms. The SMILES string of the molecule is Cc1cnc(NC(=O)CSc2nnc(-c3ccccc3C)n2C)s1. The molecule has 2 heterocycles. The summed E-state index contributed by atoms with van der Waals surface area (Å²) < 4.78 is 1.91. The van der Waals surface area contributed by atoms with Crippen LogP contribution in [0.2, 0.25) is 0 Å². The Bertz CT molecular complexity index is 871. The molecule has 3 rings (SSSR count). The van der Waals surface area contributed by atoms with Gasteiger partial charge in [0.15, 0.2) is 16.1 Å². The molecular weight excluding hydrogens is 342 g/mol. The van der Waals surface area contributed by atoms with Gasteiger partial charge in [0.2, 0.25) is 5.91 Å². The summed E-state index contributed by atoms with van der Waals surface area (Å²) in [6, 6.07) is 8.04. The van der Waals surface area contributed by atoms with Gasteiger partial charge in [0.25, 0.3) is 0 Å². The van der Waals surface area contributed by atoms with Gasteiger partial charge in [-0.3, -0.25) is 4.79 Å². The molecule has 0 radical (unpaired) electrons. The average molecular weight is 359 g/mol. The van der Waals surface area contributed by atoms with Gasteiger partial charge in [0.1, 0.15) is 0 Å². The van der Waals surface area contributed by atoms with E-state index in [0.717, 1.165) is 21.8 Å². The predicted octanol–water partition coefficient (Wildman–Crippen LogP) is 3.29. The number of hydrogen-bond acceptors (Lipinski definition) is 6. The van der Waals surface area contributed by atoms with Crippen molar-refractivity contribution in [3.63, 3.8) is 0 Å². The summed E-state index contributed by atoms with van der Waals surface area (Å²) in [6.45, 7) is 4.00. The summed E-state index contributed by atoms with van der Waals surface area (Å²) in [6.07, 6.45) is 1.74. The fraction of sp³-hybridized carbons (Fsp3) is 0.250. The molecule has 2 aromatic heterocycles. The summed E-state index contributed by atoms with van der Waals surface area (Å²) in [5.41, 5.74) is 2.18. The Morgan fingerprint density at radius 2 is 2.08 bits per heavy atom. The number of aromatic nitrogens is 4. The maximum atomic E-state index is 12.0. The largest absolute Gasteiger partial charge is 0.305 e. The zero-order chi connectivity index (χ0) is 17.1. The number of anilines is 1. The van der Waals surface area contributed by atoms with Gasteiger partial charge in [-0.15, -0.1) is 21.5 Å². The molecule has 0 aliphatic rings. The summed E-state index contributed by atoms with van der Waals surface area (Å²) in [5, 5.41) is 12.6. The second kappa shape index (κ2) is 7.14. The Labute approximate surface area is 148 Å². The highest BCUT2D eigenvalue weighted by Gasteiger charge is 2.14. The third-order valence-electron chi connectivity index (χ3n) is 3.42. The van der Waals surface area contributed by atoms with Crippen LogP contribution in [0.3, 0.4) is 0 Å². The van der Waals surface area contributed by atoms with E-state index in [-0.39, 0.29) is 11.7 Å². The predicted molar refractivity (Wildman–Crippen MR) is 97.4 cm³/mol. The van der Waals surface area contributed by atoms with Crippen LogP contribution in [0.25, 0.3) is 11.4 Å². The van der Waals surface area contributed by atoms with Gasteiger partial charge >= 0.3 is 0 Å². The third-order valence-corrected chi connectivity index (χ3v) is 5.27. The lowest BCUT2D eigenvalue weighted by atomic mass is 10.1. The molecule has 8 heteroatoms. The number of hydrogen-bond donors (Lipinski definition) is 1. The molecule has 1 N–H and O–H groups in total. The van der Waals surface area contributed by atoms with Gasteiger partial charge in [-0.25, -0.2) is 4.98 Å². The molecule has 6 nitrogen and oxygen atoms in total. The van der Waals surface area contributed by atoms with Crippen LogP contribution in [0.15, 0.2) is 35.6 Å². The van der Waals surface area contributed by atoms with E-state index in [9.17, 15) is 4.79 Å². The molecule has 1 amide bonds. The van der Waals surface area contributed by atoms with Gasteiger partial charge in [0, 0.05) is 23.7 Å². The monoisotopic (exact) mass is 359 g/mol. The van der Waals surface area contributed by atoms with E-state index in [0.29, 0.717) is 10.3 Å². The Kier molecular flexibility index (Phi) is 4.96. The van der Waals surface area contributed by atoms with Crippen molar-refractivity contribution < 1.29 is 4.79 Å². The first-order chi connectivity index (χ1) is 11.5. The number of amides is 1. The maximum absolute atomic E-state index is 12.0. The summed E-state index contributed by atoms with van der Waals surface area (Å²) in [5.74, 6) is 0.958. The van der Waals surface area contributed by atoms with Crippen molar-refractivity contribution in [2.75, 3.05) is 11.1 Å². The van der Waals surface area contributed by atoms with Crippen molar-refractivity contribution >= 4 is 34.1 Å². The van der Waals surface area contributed by atoms with Crippen molar-refractivity contribution in [2.24, 2.45) is 7.05 Å². The van der Waals surface area contributed by atoms with Gasteiger partial charge < -0.3 is 9.88 Å². The molecule has 0 bridgehead atoms. The number of benzene rings is 1. The molecule has 0 unspecified atom stereocenters. The van der Waals surface area contributed by atoms with Gasteiger partial charge in [-0.2, -0.15) is 0 Å². The number of rotatable bonds is 5. The third kappa shape index (κ3) is 3.65. The van der Waals surface area contributed by atoms with E-state index in [1.165, 1.54) is 23.1 Å². The van der Waals surface area contributed by atoms with E-state index in [2.05, 4.69) is 20.5 Å². The van der Waals surface area contributed by atoms with Crippen LogP contribution in [0, 0.1) is 13.8 Å². The molecule has 0 saturated heterocycles. The van der Waals surface area contributed by atoms with Crippen molar-refractivity contribution in [1.29, 1.82) is 0 Å². The van der Waals surface area contributed by atoms with Crippen LogP contribution < -0.4 is 5.32 Å². The normalized spacial score (nSPS) is 10.8. The topological polar surface area (TPSA) is 72.7 Å². The van der Waals surface area contributed by atoms with E-state index in [1.54, 1.807) is 6.20 Å².